The Balaban J connectivity index is 1.39. The molecule has 0 unspecified atom stereocenters. The van der Waals surface area contributed by atoms with Crippen LogP contribution in [0.25, 0.3) is 5.69 Å². The lowest BCUT2D eigenvalue weighted by Crippen LogP contribution is -2.52. The normalized spacial score (nSPS) is 15.2. The fourth-order valence-corrected chi connectivity index (χ4v) is 4.63. The maximum Gasteiger partial charge on any atom is 0.289 e. The number of thioether (sulfide) groups is 1. The Labute approximate surface area is 185 Å². The van der Waals surface area contributed by atoms with E-state index in [1.54, 1.807) is 17.0 Å². The zero-order chi connectivity index (χ0) is 22.0. The first-order chi connectivity index (χ1) is 14.9. The Morgan fingerprint density at radius 2 is 1.77 bits per heavy atom. The number of carbonyl (C=O) groups excluding carboxylic acids is 2. The number of aryl methyl sites for hydroxylation is 2. The van der Waals surface area contributed by atoms with Crippen molar-refractivity contribution in [2.24, 2.45) is 0 Å². The van der Waals surface area contributed by atoms with Gasteiger partial charge in [-0.1, -0.05) is 23.9 Å². The number of rotatable bonds is 5. The van der Waals surface area contributed by atoms with Crippen LogP contribution in [0.15, 0.2) is 52.2 Å². The number of aromatic nitrogens is 3. The summed E-state index contributed by atoms with van der Waals surface area (Å²) in [6.45, 7) is 7.81. The van der Waals surface area contributed by atoms with Crippen molar-refractivity contribution in [1.29, 1.82) is 0 Å². The van der Waals surface area contributed by atoms with E-state index in [4.69, 9.17) is 4.42 Å². The molecule has 9 heteroatoms. The van der Waals surface area contributed by atoms with Crippen molar-refractivity contribution in [2.75, 3.05) is 26.2 Å². The molecule has 31 heavy (non-hydrogen) atoms. The van der Waals surface area contributed by atoms with Crippen molar-refractivity contribution in [3.8, 4) is 5.69 Å². The van der Waals surface area contributed by atoms with Crippen molar-refractivity contribution >= 4 is 23.6 Å². The van der Waals surface area contributed by atoms with Crippen LogP contribution in [-0.4, -0.2) is 67.8 Å². The van der Waals surface area contributed by atoms with Crippen LogP contribution in [0.4, 0.5) is 0 Å². The summed E-state index contributed by atoms with van der Waals surface area (Å²) in [5.41, 5.74) is 2.13. The molecular weight excluding hydrogens is 414 g/mol. The molecule has 1 aliphatic heterocycles. The van der Waals surface area contributed by atoms with Gasteiger partial charge in [0.2, 0.25) is 5.91 Å². The number of hydrogen-bond donors (Lipinski definition) is 0. The minimum absolute atomic E-state index is 0.0338. The van der Waals surface area contributed by atoms with Gasteiger partial charge in [-0.2, -0.15) is 0 Å². The summed E-state index contributed by atoms with van der Waals surface area (Å²) < 4.78 is 7.17. The lowest BCUT2D eigenvalue weighted by atomic mass is 10.2. The Hall–Kier alpha value is -3.07. The molecule has 1 atom stereocenters. The molecule has 4 rings (SSSR count). The van der Waals surface area contributed by atoms with Crippen LogP contribution in [-0.2, 0) is 4.79 Å². The standard InChI is InChI=1S/C22H25N5O3S/c1-15-6-4-7-18(14-15)27-17(3)23-24-22(27)31-16(2)20(28)25-9-11-26(12-10-25)21(29)19-8-5-13-30-19/h4-8,13-14,16H,9-12H2,1-3H3/t16-/m1/s1. The number of furan rings is 1. The Morgan fingerprint density at radius 1 is 1.03 bits per heavy atom. The van der Waals surface area contributed by atoms with E-state index in [0.717, 1.165) is 17.1 Å². The number of hydrogen-bond acceptors (Lipinski definition) is 6. The van der Waals surface area contributed by atoms with Gasteiger partial charge in [-0.3, -0.25) is 14.2 Å². The van der Waals surface area contributed by atoms with Gasteiger partial charge in [0.05, 0.1) is 11.5 Å². The number of carbonyl (C=O) groups is 2. The van der Waals surface area contributed by atoms with Gasteiger partial charge in [0.1, 0.15) is 5.82 Å². The van der Waals surface area contributed by atoms with Gasteiger partial charge in [0.15, 0.2) is 10.9 Å². The highest BCUT2D eigenvalue weighted by molar-refractivity contribution is 8.00. The van der Waals surface area contributed by atoms with Crippen molar-refractivity contribution < 1.29 is 14.0 Å². The van der Waals surface area contributed by atoms with Crippen LogP contribution in [0.3, 0.4) is 0 Å². The molecule has 0 spiro atoms. The molecule has 8 nitrogen and oxygen atoms in total. The smallest absolute Gasteiger partial charge is 0.289 e. The van der Waals surface area contributed by atoms with Crippen LogP contribution < -0.4 is 0 Å². The molecule has 1 aromatic carbocycles. The molecule has 3 aromatic rings. The van der Waals surface area contributed by atoms with E-state index in [1.165, 1.54) is 18.0 Å². The molecule has 1 fully saturated rings. The van der Waals surface area contributed by atoms with E-state index in [9.17, 15) is 9.59 Å². The Kier molecular flexibility index (Phi) is 6.13. The third-order valence-corrected chi connectivity index (χ3v) is 6.33. The first-order valence-electron chi connectivity index (χ1n) is 10.2. The lowest BCUT2D eigenvalue weighted by Gasteiger charge is -2.35. The third kappa shape index (κ3) is 4.51. The second-order valence-electron chi connectivity index (χ2n) is 7.56. The summed E-state index contributed by atoms with van der Waals surface area (Å²) in [5.74, 6) is 1.00. The molecule has 2 amide bonds. The topological polar surface area (TPSA) is 84.5 Å². The highest BCUT2D eigenvalue weighted by Gasteiger charge is 2.29. The van der Waals surface area contributed by atoms with E-state index in [-0.39, 0.29) is 17.1 Å². The Morgan fingerprint density at radius 3 is 2.45 bits per heavy atom. The van der Waals surface area contributed by atoms with Crippen LogP contribution in [0.2, 0.25) is 0 Å². The molecule has 162 valence electrons. The molecule has 2 aromatic heterocycles. The quantitative estimate of drug-likeness (QED) is 0.569. The second kappa shape index (κ2) is 8.97. The van der Waals surface area contributed by atoms with E-state index >= 15 is 0 Å². The van der Waals surface area contributed by atoms with Gasteiger partial charge in [-0.05, 0) is 50.6 Å². The van der Waals surface area contributed by atoms with Crippen molar-refractivity contribution in [3.05, 3.63) is 59.8 Å². The maximum atomic E-state index is 13.0. The van der Waals surface area contributed by atoms with Crippen molar-refractivity contribution in [1.82, 2.24) is 24.6 Å². The second-order valence-corrected chi connectivity index (χ2v) is 8.87. The van der Waals surface area contributed by atoms with E-state index in [0.29, 0.717) is 37.1 Å². The SMILES string of the molecule is Cc1cccc(-n2c(C)nnc2S[C@H](C)C(=O)N2CCN(C(=O)c3ccco3)CC2)c1. The monoisotopic (exact) mass is 439 g/mol. The maximum absolute atomic E-state index is 13.0. The first kappa shape index (κ1) is 21.2. The van der Waals surface area contributed by atoms with Gasteiger partial charge in [0, 0.05) is 31.9 Å². The number of nitrogens with zero attached hydrogens (tertiary/aromatic N) is 5. The molecular formula is C22H25N5O3S. The average molecular weight is 440 g/mol. The number of amides is 2. The summed E-state index contributed by atoms with van der Waals surface area (Å²) in [4.78, 5) is 29.0. The zero-order valence-electron chi connectivity index (χ0n) is 17.8. The largest absolute Gasteiger partial charge is 0.459 e. The molecule has 0 bridgehead atoms. The van der Waals surface area contributed by atoms with E-state index in [1.807, 2.05) is 48.4 Å². The fourth-order valence-electron chi connectivity index (χ4n) is 3.64. The molecule has 1 aliphatic rings. The zero-order valence-corrected chi connectivity index (χ0v) is 18.6. The summed E-state index contributed by atoms with van der Waals surface area (Å²) >= 11 is 1.40. The molecule has 0 radical (unpaired) electrons. The van der Waals surface area contributed by atoms with Gasteiger partial charge >= 0.3 is 0 Å². The fraction of sp³-hybridized carbons (Fsp3) is 0.364. The predicted octanol–water partition coefficient (Wildman–Crippen LogP) is 2.94. The predicted molar refractivity (Wildman–Crippen MR) is 117 cm³/mol. The van der Waals surface area contributed by atoms with Crippen molar-refractivity contribution in [3.63, 3.8) is 0 Å². The average Bonchev–Trinajstić information content (AvgIpc) is 3.43. The summed E-state index contributed by atoms with van der Waals surface area (Å²) in [5, 5.41) is 8.88. The summed E-state index contributed by atoms with van der Waals surface area (Å²) in [6, 6.07) is 11.5. The summed E-state index contributed by atoms with van der Waals surface area (Å²) in [7, 11) is 0. The molecule has 0 aliphatic carbocycles. The molecule has 0 saturated carbocycles. The lowest BCUT2D eigenvalue weighted by molar-refractivity contribution is -0.131. The van der Waals surface area contributed by atoms with Crippen LogP contribution in [0.5, 0.6) is 0 Å². The minimum Gasteiger partial charge on any atom is -0.459 e. The van der Waals surface area contributed by atoms with Gasteiger partial charge in [-0.15, -0.1) is 10.2 Å². The van der Waals surface area contributed by atoms with Crippen LogP contribution in [0, 0.1) is 13.8 Å². The molecule has 3 heterocycles. The number of piperazine rings is 1. The third-order valence-electron chi connectivity index (χ3n) is 5.30. The molecule has 1 saturated heterocycles. The first-order valence-corrected chi connectivity index (χ1v) is 11.1. The summed E-state index contributed by atoms with van der Waals surface area (Å²) in [6.07, 6.45) is 1.49. The van der Waals surface area contributed by atoms with Gasteiger partial charge in [0.25, 0.3) is 5.91 Å². The van der Waals surface area contributed by atoms with Gasteiger partial charge in [-0.25, -0.2) is 0 Å². The van der Waals surface area contributed by atoms with E-state index in [2.05, 4.69) is 16.3 Å². The molecule has 0 N–H and O–H groups in total. The van der Waals surface area contributed by atoms with Crippen LogP contribution in [0.1, 0.15) is 28.9 Å². The van der Waals surface area contributed by atoms with Crippen molar-refractivity contribution in [2.45, 2.75) is 31.2 Å². The number of benzene rings is 1. The highest BCUT2D eigenvalue weighted by atomic mass is 32.2. The van der Waals surface area contributed by atoms with Crippen LogP contribution >= 0.6 is 11.8 Å². The Bertz CT molecular complexity index is 1070. The highest BCUT2D eigenvalue weighted by Crippen LogP contribution is 2.27. The minimum atomic E-state index is -0.320. The van der Waals surface area contributed by atoms with E-state index < -0.39 is 0 Å². The van der Waals surface area contributed by atoms with Gasteiger partial charge < -0.3 is 14.2 Å².